The van der Waals surface area contributed by atoms with Crippen LogP contribution in [0.4, 0.5) is 5.82 Å². The first-order valence-corrected chi connectivity index (χ1v) is 6.23. The highest BCUT2D eigenvalue weighted by Crippen LogP contribution is 2.45. The zero-order chi connectivity index (χ0) is 13.5. The normalized spacial score (nSPS) is 16.1. The first-order chi connectivity index (χ1) is 9.11. The van der Waals surface area contributed by atoms with Crippen molar-refractivity contribution in [1.29, 1.82) is 0 Å². The summed E-state index contributed by atoms with van der Waals surface area (Å²) >= 11 is 5.86. The molecule has 0 radical (unpaired) electrons. The Labute approximate surface area is 114 Å². The highest BCUT2D eigenvalue weighted by atomic mass is 35.5. The second-order valence-corrected chi connectivity index (χ2v) is 5.04. The molecule has 1 heterocycles. The molecule has 0 atom stereocenters. The van der Waals surface area contributed by atoms with Crippen LogP contribution in [0.2, 0.25) is 5.02 Å². The van der Waals surface area contributed by atoms with Gasteiger partial charge in [0.05, 0.1) is 5.54 Å². The number of carbonyl (C=O) groups is 1. The largest absolute Gasteiger partial charge is 0.380 e. The highest BCUT2D eigenvalue weighted by molar-refractivity contribution is 6.30. The molecule has 19 heavy (non-hydrogen) atoms. The number of anilines is 1. The lowest BCUT2D eigenvalue weighted by Crippen LogP contribution is -2.35. The smallest absolute Gasteiger partial charge is 0.276 e. The van der Waals surface area contributed by atoms with Gasteiger partial charge in [0, 0.05) is 5.02 Å². The van der Waals surface area contributed by atoms with E-state index in [1.54, 1.807) is 0 Å². The number of aromatic amines is 1. The zero-order valence-electron chi connectivity index (χ0n) is 9.98. The number of rotatable bonds is 3. The molecule has 1 aromatic carbocycles. The molecule has 1 aliphatic carbocycles. The first-order valence-electron chi connectivity index (χ1n) is 5.85. The lowest BCUT2D eigenvalue weighted by atomic mass is 10.0. The van der Waals surface area contributed by atoms with Crippen LogP contribution in [0.5, 0.6) is 0 Å². The first kappa shape index (κ1) is 12.0. The van der Waals surface area contributed by atoms with Gasteiger partial charge in [-0.05, 0) is 30.5 Å². The number of nitrogens with two attached hydrogens (primary N) is 1. The lowest BCUT2D eigenvalue weighted by molar-refractivity contribution is 0.0926. The van der Waals surface area contributed by atoms with Gasteiger partial charge in [0.15, 0.2) is 11.5 Å². The minimum atomic E-state index is -0.326. The van der Waals surface area contributed by atoms with Crippen molar-refractivity contribution < 1.29 is 4.79 Å². The second kappa shape index (κ2) is 4.24. The van der Waals surface area contributed by atoms with E-state index in [9.17, 15) is 4.79 Å². The SMILES string of the molecule is Nc1n[nH]nc1C(=O)NC1(c2ccc(Cl)cc2)CC1. The van der Waals surface area contributed by atoms with Crippen LogP contribution in [-0.4, -0.2) is 21.3 Å². The van der Waals surface area contributed by atoms with Gasteiger partial charge in [-0.15, -0.1) is 10.2 Å². The molecule has 6 nitrogen and oxygen atoms in total. The Hall–Kier alpha value is -2.08. The average molecular weight is 278 g/mol. The molecular formula is C12H12ClN5O. The molecule has 98 valence electrons. The topological polar surface area (TPSA) is 96.7 Å². The Morgan fingerprint density at radius 3 is 2.53 bits per heavy atom. The maximum absolute atomic E-state index is 12.1. The molecule has 0 saturated heterocycles. The monoisotopic (exact) mass is 277 g/mol. The van der Waals surface area contributed by atoms with Gasteiger partial charge in [0.25, 0.3) is 5.91 Å². The molecule has 0 spiro atoms. The van der Waals surface area contributed by atoms with Crippen LogP contribution < -0.4 is 11.1 Å². The summed E-state index contributed by atoms with van der Waals surface area (Å²) in [5, 5.41) is 13.3. The standard InChI is InChI=1S/C12H12ClN5O/c13-8-3-1-7(2-4-8)12(5-6-12)15-11(19)9-10(14)17-18-16-9/h1-4H,5-6H2,(H,15,19)(H3,14,16,17,18). The van der Waals surface area contributed by atoms with E-state index in [2.05, 4.69) is 20.7 Å². The number of amides is 1. The summed E-state index contributed by atoms with van der Waals surface area (Å²) < 4.78 is 0. The van der Waals surface area contributed by atoms with Crippen molar-refractivity contribution in [1.82, 2.24) is 20.7 Å². The van der Waals surface area contributed by atoms with Crippen molar-refractivity contribution in [2.45, 2.75) is 18.4 Å². The molecule has 1 aromatic heterocycles. The third-order valence-corrected chi connectivity index (χ3v) is 3.54. The van der Waals surface area contributed by atoms with Crippen LogP contribution in [0, 0.1) is 0 Å². The van der Waals surface area contributed by atoms with E-state index < -0.39 is 0 Å². The summed E-state index contributed by atoms with van der Waals surface area (Å²) in [6, 6.07) is 7.46. The Balaban J connectivity index is 1.81. The summed E-state index contributed by atoms with van der Waals surface area (Å²) in [6.45, 7) is 0. The van der Waals surface area contributed by atoms with E-state index in [0.717, 1.165) is 18.4 Å². The van der Waals surface area contributed by atoms with Gasteiger partial charge in [-0.1, -0.05) is 23.7 Å². The average Bonchev–Trinajstić information content (AvgIpc) is 3.03. The molecule has 1 saturated carbocycles. The minimum Gasteiger partial charge on any atom is -0.380 e. The van der Waals surface area contributed by atoms with Crippen LogP contribution in [0.15, 0.2) is 24.3 Å². The van der Waals surface area contributed by atoms with Gasteiger partial charge in [-0.25, -0.2) is 0 Å². The quantitative estimate of drug-likeness (QED) is 0.791. The number of carbonyl (C=O) groups excluding carboxylic acids is 1. The Bertz CT molecular complexity index is 617. The third kappa shape index (κ3) is 2.15. The summed E-state index contributed by atoms with van der Waals surface area (Å²) in [5.74, 6) is -0.219. The summed E-state index contributed by atoms with van der Waals surface area (Å²) in [7, 11) is 0. The number of halogens is 1. The van der Waals surface area contributed by atoms with Gasteiger partial charge in [0.2, 0.25) is 0 Å². The number of H-pyrrole nitrogens is 1. The van der Waals surface area contributed by atoms with E-state index in [1.165, 1.54) is 0 Å². The molecule has 4 N–H and O–H groups in total. The van der Waals surface area contributed by atoms with Crippen molar-refractivity contribution in [3.05, 3.63) is 40.5 Å². The van der Waals surface area contributed by atoms with E-state index in [-0.39, 0.29) is 23.0 Å². The molecule has 0 aliphatic heterocycles. The summed E-state index contributed by atoms with van der Waals surface area (Å²) in [4.78, 5) is 12.1. The Kier molecular flexibility index (Phi) is 2.67. The van der Waals surface area contributed by atoms with Gasteiger partial charge < -0.3 is 11.1 Å². The van der Waals surface area contributed by atoms with Crippen molar-refractivity contribution in [2.75, 3.05) is 5.73 Å². The maximum Gasteiger partial charge on any atom is 0.276 e. The number of nitrogens with zero attached hydrogens (tertiary/aromatic N) is 2. The number of aromatic nitrogens is 3. The molecule has 7 heteroatoms. The molecule has 1 fully saturated rings. The van der Waals surface area contributed by atoms with Gasteiger partial charge in [0.1, 0.15) is 0 Å². The Morgan fingerprint density at radius 1 is 1.32 bits per heavy atom. The Morgan fingerprint density at radius 2 is 2.00 bits per heavy atom. The zero-order valence-corrected chi connectivity index (χ0v) is 10.7. The van der Waals surface area contributed by atoms with Crippen LogP contribution in [0.3, 0.4) is 0 Å². The molecular weight excluding hydrogens is 266 g/mol. The number of hydrogen-bond acceptors (Lipinski definition) is 4. The van der Waals surface area contributed by atoms with E-state index in [4.69, 9.17) is 17.3 Å². The molecule has 0 unspecified atom stereocenters. The lowest BCUT2D eigenvalue weighted by Gasteiger charge is -2.17. The third-order valence-electron chi connectivity index (χ3n) is 3.29. The van der Waals surface area contributed by atoms with E-state index >= 15 is 0 Å². The summed E-state index contributed by atoms with van der Waals surface area (Å²) in [6.07, 6.45) is 1.77. The number of nitrogen functional groups attached to an aromatic ring is 1. The van der Waals surface area contributed by atoms with Crippen LogP contribution in [-0.2, 0) is 5.54 Å². The number of nitrogens with one attached hydrogen (secondary N) is 2. The van der Waals surface area contributed by atoms with Gasteiger partial charge in [-0.3, -0.25) is 4.79 Å². The predicted molar refractivity (Wildman–Crippen MR) is 70.6 cm³/mol. The maximum atomic E-state index is 12.1. The number of benzene rings is 1. The van der Waals surface area contributed by atoms with E-state index in [1.807, 2.05) is 24.3 Å². The fraction of sp³-hybridized carbons (Fsp3) is 0.250. The van der Waals surface area contributed by atoms with Crippen LogP contribution in [0.1, 0.15) is 28.9 Å². The van der Waals surface area contributed by atoms with Crippen molar-refractivity contribution in [2.24, 2.45) is 0 Å². The molecule has 1 amide bonds. The minimum absolute atomic E-state index is 0.101. The molecule has 1 aliphatic rings. The van der Waals surface area contributed by atoms with Crippen molar-refractivity contribution in [3.63, 3.8) is 0 Å². The molecule has 2 aromatic rings. The van der Waals surface area contributed by atoms with Gasteiger partial charge >= 0.3 is 0 Å². The highest BCUT2D eigenvalue weighted by Gasteiger charge is 2.46. The van der Waals surface area contributed by atoms with Crippen LogP contribution in [0.25, 0.3) is 0 Å². The van der Waals surface area contributed by atoms with Gasteiger partial charge in [-0.2, -0.15) is 5.21 Å². The number of hydrogen-bond donors (Lipinski definition) is 3. The van der Waals surface area contributed by atoms with Crippen molar-refractivity contribution >= 4 is 23.3 Å². The fourth-order valence-corrected chi connectivity index (χ4v) is 2.19. The van der Waals surface area contributed by atoms with E-state index in [0.29, 0.717) is 5.02 Å². The molecule has 3 rings (SSSR count). The molecule has 0 bridgehead atoms. The fourth-order valence-electron chi connectivity index (χ4n) is 2.06. The van der Waals surface area contributed by atoms with Crippen LogP contribution >= 0.6 is 11.6 Å². The predicted octanol–water partition coefficient (Wildman–Crippen LogP) is 1.46. The van der Waals surface area contributed by atoms with Crippen molar-refractivity contribution in [3.8, 4) is 0 Å². The second-order valence-electron chi connectivity index (χ2n) is 4.60. The summed E-state index contributed by atoms with van der Waals surface area (Å²) in [5.41, 5.74) is 6.39.